The van der Waals surface area contributed by atoms with Crippen LogP contribution in [-0.4, -0.2) is 99.2 Å². The molecule has 0 spiro atoms. The second kappa shape index (κ2) is 12.6. The highest BCUT2D eigenvalue weighted by molar-refractivity contribution is 5.67. The lowest BCUT2D eigenvalue weighted by Gasteiger charge is -2.43. The Morgan fingerprint density at radius 2 is 2.00 bits per heavy atom. The molecule has 1 amide bonds. The lowest BCUT2D eigenvalue weighted by atomic mass is 9.89. The molecule has 0 aliphatic carbocycles. The van der Waals surface area contributed by atoms with E-state index < -0.39 is 37.1 Å². The summed E-state index contributed by atoms with van der Waals surface area (Å²) in [5.74, 6) is 0.497. The number of aryl methyl sites for hydroxylation is 1. The lowest BCUT2D eigenvalue weighted by Crippen LogP contribution is -2.57. The number of aliphatic hydroxyl groups is 2. The lowest BCUT2D eigenvalue weighted by molar-refractivity contribution is -0.212. The minimum atomic E-state index is -1.15. The van der Waals surface area contributed by atoms with Crippen molar-refractivity contribution in [3.05, 3.63) is 53.3 Å². The Hall–Kier alpha value is -3.39. The van der Waals surface area contributed by atoms with Gasteiger partial charge < -0.3 is 33.8 Å². The van der Waals surface area contributed by atoms with E-state index in [0.717, 1.165) is 18.6 Å². The van der Waals surface area contributed by atoms with Gasteiger partial charge in [-0.25, -0.2) is 13.9 Å². The highest BCUT2D eigenvalue weighted by Gasteiger charge is 2.47. The molecular weight excluding hydrogens is 537 g/mol. The molecule has 2 aliphatic heterocycles. The number of rotatable bonds is 8. The average Bonchev–Trinajstić information content (AvgIpc) is 3.65. The van der Waals surface area contributed by atoms with Crippen molar-refractivity contribution in [2.75, 3.05) is 33.4 Å². The zero-order valence-corrected chi connectivity index (χ0v) is 23.4. The summed E-state index contributed by atoms with van der Waals surface area (Å²) < 4.78 is 38.3. The quantitative estimate of drug-likeness (QED) is 0.412. The molecular formula is C28H36FN5O7. The van der Waals surface area contributed by atoms with Crippen molar-refractivity contribution in [1.82, 2.24) is 25.1 Å². The number of piperidine rings is 1. The van der Waals surface area contributed by atoms with E-state index in [-0.39, 0.29) is 17.8 Å². The van der Waals surface area contributed by atoms with E-state index in [1.165, 1.54) is 17.9 Å². The predicted molar refractivity (Wildman–Crippen MR) is 143 cm³/mol. The molecule has 2 N–H and O–H groups in total. The van der Waals surface area contributed by atoms with Crippen molar-refractivity contribution in [3.63, 3.8) is 0 Å². The van der Waals surface area contributed by atoms with Crippen molar-refractivity contribution in [2.24, 2.45) is 0 Å². The van der Waals surface area contributed by atoms with E-state index in [1.54, 1.807) is 37.1 Å². The van der Waals surface area contributed by atoms with Crippen molar-refractivity contribution in [3.8, 4) is 11.3 Å². The van der Waals surface area contributed by atoms with Crippen LogP contribution in [0.3, 0.4) is 0 Å². The highest BCUT2D eigenvalue weighted by Crippen LogP contribution is 2.35. The number of hydrogen-bond donors (Lipinski definition) is 2. The topological polar surface area (TPSA) is 145 Å². The molecule has 0 unspecified atom stereocenters. The first kappa shape index (κ1) is 29.1. The highest BCUT2D eigenvalue weighted by atomic mass is 19.1. The molecule has 0 bridgehead atoms. The van der Waals surface area contributed by atoms with E-state index >= 15 is 0 Å². The zero-order chi connectivity index (χ0) is 29.1. The molecule has 2 saturated heterocycles. The molecule has 5 atom stereocenters. The second-order valence-corrected chi connectivity index (χ2v) is 10.5. The molecule has 0 radical (unpaired) electrons. The third-order valence-electron chi connectivity index (χ3n) is 7.93. The Labute approximate surface area is 237 Å². The number of ether oxygens (including phenoxy) is 3. The fourth-order valence-corrected chi connectivity index (χ4v) is 5.62. The molecule has 1 aromatic carbocycles. The summed E-state index contributed by atoms with van der Waals surface area (Å²) in [4.78, 5) is 13.7. The number of methoxy groups -OCH3 is 1. The maximum absolute atomic E-state index is 14.2. The van der Waals surface area contributed by atoms with Crippen LogP contribution in [0.2, 0.25) is 0 Å². The third kappa shape index (κ3) is 6.13. The third-order valence-corrected chi connectivity index (χ3v) is 7.93. The van der Waals surface area contributed by atoms with E-state index in [9.17, 15) is 19.4 Å². The zero-order valence-electron chi connectivity index (χ0n) is 23.4. The van der Waals surface area contributed by atoms with Crippen LogP contribution in [0.5, 0.6) is 0 Å². The number of aromatic nitrogens is 4. The molecule has 12 nitrogen and oxygen atoms in total. The van der Waals surface area contributed by atoms with Gasteiger partial charge in [-0.05, 0) is 38.3 Å². The second-order valence-electron chi connectivity index (χ2n) is 10.5. The summed E-state index contributed by atoms with van der Waals surface area (Å²) >= 11 is 0. The van der Waals surface area contributed by atoms with Gasteiger partial charge in [-0.3, -0.25) is 0 Å². The first-order valence-electron chi connectivity index (χ1n) is 13.9. The van der Waals surface area contributed by atoms with Crippen molar-refractivity contribution >= 4 is 6.09 Å². The molecule has 3 aromatic rings. The summed E-state index contributed by atoms with van der Waals surface area (Å²) in [6, 6.07) is 5.95. The van der Waals surface area contributed by atoms with Crippen LogP contribution < -0.4 is 0 Å². The number of carbonyl (C=O) groups is 1. The summed E-state index contributed by atoms with van der Waals surface area (Å²) in [5.41, 5.74) is 2.14. The SMILES string of the molecule is CCOC(=O)N1CCC(c2cc(C[C@H]3O[C@H](CO)[C@H](O)[C@H](n4cc(-c5ccc(C)c(F)c5)nn4)[C@H]3OC)no2)CC1. The van der Waals surface area contributed by atoms with Gasteiger partial charge in [0.2, 0.25) is 0 Å². The van der Waals surface area contributed by atoms with Crippen LogP contribution in [-0.2, 0) is 20.6 Å². The minimum Gasteiger partial charge on any atom is -0.450 e. The van der Waals surface area contributed by atoms with Gasteiger partial charge in [0, 0.05) is 44.2 Å². The first-order valence-corrected chi connectivity index (χ1v) is 13.9. The molecule has 13 heteroatoms. The van der Waals surface area contributed by atoms with Gasteiger partial charge >= 0.3 is 6.09 Å². The van der Waals surface area contributed by atoms with E-state index in [0.29, 0.717) is 48.6 Å². The van der Waals surface area contributed by atoms with Crippen LogP contribution in [0.1, 0.15) is 48.7 Å². The molecule has 0 saturated carbocycles. The number of amides is 1. The van der Waals surface area contributed by atoms with Crippen molar-refractivity contribution in [2.45, 2.75) is 69.5 Å². The van der Waals surface area contributed by atoms with E-state index in [1.807, 2.05) is 6.07 Å². The number of likely N-dealkylation sites (tertiary alicyclic amines) is 1. The maximum atomic E-state index is 14.2. The van der Waals surface area contributed by atoms with Crippen LogP contribution >= 0.6 is 0 Å². The smallest absolute Gasteiger partial charge is 0.409 e. The number of halogens is 1. The standard InChI is InChI=1S/C28H36FN5O7/c1-4-39-28(37)33-9-7-17(8-10-33)22-12-19(31-41-22)13-23-27(38-3)25(26(36)24(15-35)40-23)34-14-21(30-32-34)18-6-5-16(2)20(29)11-18/h5-6,11-12,14,17,23-27,35-36H,4,7-10,13,15H2,1-3H3/t23-,24-,25+,26+,27+/m1/s1. The Kier molecular flexibility index (Phi) is 8.97. The molecule has 4 heterocycles. The average molecular weight is 574 g/mol. The van der Waals surface area contributed by atoms with E-state index in [4.69, 9.17) is 18.7 Å². The van der Waals surface area contributed by atoms with Crippen LogP contribution in [0, 0.1) is 12.7 Å². The summed E-state index contributed by atoms with van der Waals surface area (Å²) in [6.07, 6.45) is -0.245. The van der Waals surface area contributed by atoms with Gasteiger partial charge in [-0.1, -0.05) is 22.5 Å². The van der Waals surface area contributed by atoms with Gasteiger partial charge in [0.1, 0.15) is 41.6 Å². The Balaban J connectivity index is 1.31. The van der Waals surface area contributed by atoms with Gasteiger partial charge in [-0.15, -0.1) is 5.10 Å². The van der Waals surface area contributed by atoms with Gasteiger partial charge in [0.05, 0.1) is 31.2 Å². The number of aliphatic hydroxyl groups excluding tert-OH is 2. The summed E-state index contributed by atoms with van der Waals surface area (Å²) in [6.45, 7) is 4.54. The number of hydrogen-bond acceptors (Lipinski definition) is 10. The Morgan fingerprint density at radius 1 is 1.22 bits per heavy atom. The van der Waals surface area contributed by atoms with Gasteiger partial charge in [0.25, 0.3) is 0 Å². The molecule has 41 heavy (non-hydrogen) atoms. The van der Waals surface area contributed by atoms with Crippen molar-refractivity contribution < 1.29 is 38.1 Å². The van der Waals surface area contributed by atoms with Crippen LogP contribution in [0.4, 0.5) is 9.18 Å². The van der Waals surface area contributed by atoms with Crippen molar-refractivity contribution in [1.29, 1.82) is 0 Å². The fraction of sp³-hybridized carbons (Fsp3) is 0.571. The molecule has 2 aromatic heterocycles. The van der Waals surface area contributed by atoms with Gasteiger partial charge in [0.15, 0.2) is 0 Å². The number of benzene rings is 1. The van der Waals surface area contributed by atoms with Crippen LogP contribution in [0.15, 0.2) is 35.0 Å². The van der Waals surface area contributed by atoms with Crippen LogP contribution in [0.25, 0.3) is 11.3 Å². The summed E-state index contributed by atoms with van der Waals surface area (Å²) in [5, 5.41) is 33.8. The summed E-state index contributed by atoms with van der Waals surface area (Å²) in [7, 11) is 1.51. The molecule has 2 fully saturated rings. The predicted octanol–water partition coefficient (Wildman–Crippen LogP) is 2.64. The Bertz CT molecular complexity index is 1320. The van der Waals surface area contributed by atoms with Gasteiger partial charge in [-0.2, -0.15) is 0 Å². The molecule has 5 rings (SSSR count). The van der Waals surface area contributed by atoms with E-state index in [2.05, 4.69) is 15.5 Å². The maximum Gasteiger partial charge on any atom is 0.409 e. The first-order chi connectivity index (χ1) is 19.8. The number of nitrogens with zero attached hydrogens (tertiary/aromatic N) is 5. The normalized spacial score (nSPS) is 25.4. The number of carbonyl (C=O) groups excluding carboxylic acids is 1. The Morgan fingerprint density at radius 3 is 2.68 bits per heavy atom. The minimum absolute atomic E-state index is 0.118. The largest absolute Gasteiger partial charge is 0.450 e. The molecule has 222 valence electrons. The molecule has 2 aliphatic rings. The monoisotopic (exact) mass is 573 g/mol. The fourth-order valence-electron chi connectivity index (χ4n) is 5.62.